The first kappa shape index (κ1) is 21.7. The van der Waals surface area contributed by atoms with Gasteiger partial charge in [-0.2, -0.15) is 5.10 Å². The van der Waals surface area contributed by atoms with E-state index in [2.05, 4.69) is 20.4 Å². The Labute approximate surface area is 199 Å². The minimum atomic E-state index is -0.244. The second-order valence-electron chi connectivity index (χ2n) is 7.81. The molecule has 4 aromatic heterocycles. The van der Waals surface area contributed by atoms with Gasteiger partial charge in [0, 0.05) is 24.4 Å². The normalized spacial score (nSPS) is 11.1. The summed E-state index contributed by atoms with van der Waals surface area (Å²) in [6, 6.07) is 18.8. The fourth-order valence-corrected chi connectivity index (χ4v) is 4.85. The fraction of sp³-hybridized carbons (Fsp3) is 0.160. The first-order valence-corrected chi connectivity index (χ1v) is 11.7. The summed E-state index contributed by atoms with van der Waals surface area (Å²) in [4.78, 5) is 35.2. The summed E-state index contributed by atoms with van der Waals surface area (Å²) >= 11 is 1.54. The molecule has 1 amide bonds. The number of hydrogen-bond donors (Lipinski definition) is 1. The number of aromatic nitrogens is 5. The number of thiazole rings is 1. The van der Waals surface area contributed by atoms with Gasteiger partial charge in [-0.1, -0.05) is 36.4 Å². The highest BCUT2D eigenvalue weighted by Crippen LogP contribution is 2.33. The molecule has 0 spiro atoms. The predicted molar refractivity (Wildman–Crippen MR) is 132 cm³/mol. The SMILES string of the molecule is Cc1nc(-c2ccccc2)sc1-c1ccc(=O)n(CCNC(=O)c2c(C)nc3ccccn23)n1. The lowest BCUT2D eigenvalue weighted by molar-refractivity contribution is 0.0945. The molecule has 5 rings (SSSR count). The van der Waals surface area contributed by atoms with Crippen LogP contribution in [0.25, 0.3) is 26.8 Å². The van der Waals surface area contributed by atoms with Crippen molar-refractivity contribution in [3.63, 3.8) is 0 Å². The van der Waals surface area contributed by atoms with Crippen molar-refractivity contribution < 1.29 is 4.79 Å². The van der Waals surface area contributed by atoms with Gasteiger partial charge in [-0.25, -0.2) is 14.6 Å². The van der Waals surface area contributed by atoms with Gasteiger partial charge in [0.25, 0.3) is 11.5 Å². The molecule has 0 aliphatic carbocycles. The van der Waals surface area contributed by atoms with E-state index in [-0.39, 0.29) is 24.6 Å². The van der Waals surface area contributed by atoms with Crippen LogP contribution in [0, 0.1) is 13.8 Å². The van der Waals surface area contributed by atoms with Crippen LogP contribution in [0.15, 0.2) is 71.7 Å². The number of nitrogens with one attached hydrogen (secondary N) is 1. The molecule has 0 aliphatic heterocycles. The Morgan fingerprint density at radius 3 is 2.59 bits per heavy atom. The van der Waals surface area contributed by atoms with Crippen molar-refractivity contribution in [2.45, 2.75) is 20.4 Å². The van der Waals surface area contributed by atoms with Crippen molar-refractivity contribution in [3.8, 4) is 21.1 Å². The van der Waals surface area contributed by atoms with Crippen molar-refractivity contribution in [2.75, 3.05) is 6.54 Å². The lowest BCUT2D eigenvalue weighted by atomic mass is 10.2. The first-order chi connectivity index (χ1) is 16.5. The number of imidazole rings is 1. The number of benzene rings is 1. The van der Waals surface area contributed by atoms with E-state index in [1.54, 1.807) is 34.9 Å². The molecule has 4 heterocycles. The summed E-state index contributed by atoms with van der Waals surface area (Å²) in [7, 11) is 0. The topological polar surface area (TPSA) is 94.2 Å². The zero-order valence-corrected chi connectivity index (χ0v) is 19.5. The van der Waals surface area contributed by atoms with Crippen LogP contribution in [-0.2, 0) is 6.54 Å². The predicted octanol–water partition coefficient (Wildman–Crippen LogP) is 3.73. The van der Waals surface area contributed by atoms with Crippen LogP contribution in [0.1, 0.15) is 21.9 Å². The van der Waals surface area contributed by atoms with Crippen LogP contribution in [0.3, 0.4) is 0 Å². The van der Waals surface area contributed by atoms with Gasteiger partial charge in [0.15, 0.2) is 0 Å². The Morgan fingerprint density at radius 1 is 0.971 bits per heavy atom. The van der Waals surface area contributed by atoms with Crippen LogP contribution < -0.4 is 10.9 Å². The van der Waals surface area contributed by atoms with E-state index in [1.807, 2.05) is 55.5 Å². The van der Waals surface area contributed by atoms with E-state index in [9.17, 15) is 9.59 Å². The van der Waals surface area contributed by atoms with E-state index < -0.39 is 0 Å². The van der Waals surface area contributed by atoms with Crippen molar-refractivity contribution in [1.29, 1.82) is 0 Å². The molecule has 0 saturated heterocycles. The van der Waals surface area contributed by atoms with Crippen LogP contribution in [-0.4, -0.2) is 36.6 Å². The maximum atomic E-state index is 12.8. The zero-order valence-electron chi connectivity index (χ0n) is 18.7. The highest BCUT2D eigenvalue weighted by molar-refractivity contribution is 7.18. The number of hydrogen-bond acceptors (Lipinski definition) is 6. The largest absolute Gasteiger partial charge is 0.349 e. The second kappa shape index (κ2) is 9.03. The molecule has 170 valence electrons. The van der Waals surface area contributed by atoms with E-state index in [4.69, 9.17) is 0 Å². The van der Waals surface area contributed by atoms with E-state index in [0.29, 0.717) is 22.7 Å². The Kier molecular flexibility index (Phi) is 5.77. The summed E-state index contributed by atoms with van der Waals surface area (Å²) < 4.78 is 3.13. The molecule has 0 radical (unpaired) electrons. The maximum Gasteiger partial charge on any atom is 0.270 e. The number of amides is 1. The van der Waals surface area contributed by atoms with Crippen molar-refractivity contribution in [1.82, 2.24) is 29.5 Å². The Morgan fingerprint density at radius 2 is 1.76 bits per heavy atom. The highest BCUT2D eigenvalue weighted by atomic mass is 32.1. The van der Waals surface area contributed by atoms with E-state index in [1.165, 1.54) is 10.7 Å². The Hall–Kier alpha value is -4.11. The van der Waals surface area contributed by atoms with Gasteiger partial charge in [-0.15, -0.1) is 11.3 Å². The highest BCUT2D eigenvalue weighted by Gasteiger charge is 2.17. The summed E-state index contributed by atoms with van der Waals surface area (Å²) in [5.74, 6) is -0.244. The molecule has 5 aromatic rings. The average molecular weight is 471 g/mol. The van der Waals surface area contributed by atoms with Crippen LogP contribution >= 0.6 is 11.3 Å². The van der Waals surface area contributed by atoms with Crippen LogP contribution in [0.5, 0.6) is 0 Å². The quantitative estimate of drug-likeness (QED) is 0.408. The monoisotopic (exact) mass is 470 g/mol. The number of aryl methyl sites for hydroxylation is 2. The van der Waals surface area contributed by atoms with Crippen molar-refractivity contribution in [3.05, 3.63) is 94.3 Å². The van der Waals surface area contributed by atoms with Gasteiger partial charge in [0.1, 0.15) is 22.0 Å². The molecule has 9 heteroatoms. The van der Waals surface area contributed by atoms with Gasteiger partial charge in [-0.05, 0) is 32.0 Å². The van der Waals surface area contributed by atoms with Crippen LogP contribution in [0.2, 0.25) is 0 Å². The molecule has 0 unspecified atom stereocenters. The lowest BCUT2D eigenvalue weighted by Gasteiger charge is -2.08. The Bertz CT molecular complexity index is 1550. The molecule has 0 fully saturated rings. The molecule has 0 aliphatic rings. The van der Waals surface area contributed by atoms with Gasteiger partial charge in [-0.3, -0.25) is 14.0 Å². The third-order valence-corrected chi connectivity index (χ3v) is 6.67. The third-order valence-electron chi connectivity index (χ3n) is 5.45. The minimum absolute atomic E-state index is 0.227. The van der Waals surface area contributed by atoms with E-state index in [0.717, 1.165) is 21.1 Å². The number of rotatable bonds is 6. The molecule has 8 nitrogen and oxygen atoms in total. The number of pyridine rings is 1. The maximum absolute atomic E-state index is 12.8. The average Bonchev–Trinajstić information content (AvgIpc) is 3.40. The molecule has 0 atom stereocenters. The van der Waals surface area contributed by atoms with Crippen LogP contribution in [0.4, 0.5) is 0 Å². The van der Waals surface area contributed by atoms with Gasteiger partial charge < -0.3 is 5.32 Å². The van der Waals surface area contributed by atoms with Gasteiger partial charge >= 0.3 is 0 Å². The zero-order chi connectivity index (χ0) is 23.7. The van der Waals surface area contributed by atoms with Gasteiger partial charge in [0.05, 0.1) is 22.8 Å². The molecular weight excluding hydrogens is 448 g/mol. The summed E-state index contributed by atoms with van der Waals surface area (Å²) in [5, 5.41) is 8.33. The molecular formula is C25H22N6O2S. The smallest absolute Gasteiger partial charge is 0.270 e. The molecule has 0 bridgehead atoms. The number of carbonyl (C=O) groups is 1. The number of fused-ring (bicyclic) bond motifs is 1. The standard InChI is InChI=1S/C25H22N6O2S/c1-16-22(30-14-7-6-10-20(30)27-16)24(33)26-13-15-31-21(32)12-11-19(29-31)23-17(2)28-25(34-23)18-8-4-3-5-9-18/h3-12,14H,13,15H2,1-2H3,(H,26,33). The van der Waals surface area contributed by atoms with Gasteiger partial charge in [0.2, 0.25) is 0 Å². The summed E-state index contributed by atoms with van der Waals surface area (Å²) in [6.45, 7) is 4.25. The van der Waals surface area contributed by atoms with E-state index >= 15 is 0 Å². The Balaban J connectivity index is 1.33. The third kappa shape index (κ3) is 4.13. The van der Waals surface area contributed by atoms with Crippen molar-refractivity contribution in [2.24, 2.45) is 0 Å². The summed E-state index contributed by atoms with van der Waals surface area (Å²) in [5.41, 5.74) is 4.20. The first-order valence-electron chi connectivity index (χ1n) is 10.8. The fourth-order valence-electron chi connectivity index (χ4n) is 3.81. The number of carbonyl (C=O) groups excluding carboxylic acids is 1. The minimum Gasteiger partial charge on any atom is -0.349 e. The summed E-state index contributed by atoms with van der Waals surface area (Å²) in [6.07, 6.45) is 1.81. The van der Waals surface area contributed by atoms with Crippen molar-refractivity contribution >= 4 is 22.9 Å². The second-order valence-corrected chi connectivity index (χ2v) is 8.81. The number of nitrogens with zero attached hydrogens (tertiary/aromatic N) is 5. The molecule has 1 N–H and O–H groups in total. The lowest BCUT2D eigenvalue weighted by Crippen LogP contribution is -2.32. The molecule has 34 heavy (non-hydrogen) atoms. The molecule has 0 saturated carbocycles. The molecule has 1 aromatic carbocycles.